The molecule has 0 saturated carbocycles. The van der Waals surface area contributed by atoms with E-state index >= 15 is 0 Å². The molecule has 0 atom stereocenters. The maximum absolute atomic E-state index is 13.1. The van der Waals surface area contributed by atoms with E-state index in [2.05, 4.69) is 51.2 Å². The molecule has 0 unspecified atom stereocenters. The molecular weight excluding hydrogens is 882 g/mol. The predicted molar refractivity (Wildman–Crippen MR) is 219 cm³/mol. The second-order valence-corrected chi connectivity index (χ2v) is 13.5. The molecule has 0 saturated heterocycles. The van der Waals surface area contributed by atoms with Crippen LogP contribution in [0.15, 0.2) is 103 Å². The number of hydrogen-bond donors (Lipinski definition) is 2. The number of carbonyl (C=O) groups is 4. The van der Waals surface area contributed by atoms with Crippen LogP contribution in [-0.4, -0.2) is 37.0 Å². The van der Waals surface area contributed by atoms with Gasteiger partial charge in [0.1, 0.15) is 19.8 Å². The lowest BCUT2D eigenvalue weighted by Gasteiger charge is -2.10. The summed E-state index contributed by atoms with van der Waals surface area (Å²) in [5.74, 6) is -24.6. The number of aryl methyl sites for hydroxylation is 1. The average molecular weight is 927 g/mol. The molecule has 19 heteroatoms. The number of carbonyl (C=O) groups excluding carboxylic acids is 4. The van der Waals surface area contributed by atoms with Crippen LogP contribution in [0.3, 0.4) is 0 Å². The molecule has 65 heavy (non-hydrogen) atoms. The molecule has 4 aromatic carbocycles. The SMILES string of the molecule is C=C(C)C(=O)NCc1ccc(C)cc1.C=C(C)C(=O)NCc1ccccc1.C=C(C)C(=O)OCCOc1c(F)c(F)c(F)c(F)c1F.C=C(C)C(=O)OCc1c(F)c(F)c(F)c(F)c1F. The zero-order valence-electron chi connectivity index (χ0n) is 35.7. The second kappa shape index (κ2) is 27.1. The summed E-state index contributed by atoms with van der Waals surface area (Å²) in [5, 5.41) is 5.54. The first kappa shape index (κ1) is 55.8. The van der Waals surface area contributed by atoms with E-state index in [1.807, 2.05) is 61.5 Å². The van der Waals surface area contributed by atoms with Crippen molar-refractivity contribution >= 4 is 23.8 Å². The van der Waals surface area contributed by atoms with Gasteiger partial charge in [-0.3, -0.25) is 9.59 Å². The largest absolute Gasteiger partial charge is 0.484 e. The van der Waals surface area contributed by atoms with E-state index in [0.717, 1.165) is 11.1 Å². The van der Waals surface area contributed by atoms with E-state index in [4.69, 9.17) is 0 Å². The zero-order chi connectivity index (χ0) is 49.7. The molecule has 0 aromatic heterocycles. The van der Waals surface area contributed by atoms with Crippen molar-refractivity contribution in [3.8, 4) is 5.75 Å². The number of ether oxygens (including phenoxy) is 3. The van der Waals surface area contributed by atoms with Crippen LogP contribution in [0, 0.1) is 65.1 Å². The Bertz CT molecular complexity index is 2330. The Kier molecular flexibility index (Phi) is 23.3. The Morgan fingerprint density at radius 3 is 1.25 bits per heavy atom. The fourth-order valence-electron chi connectivity index (χ4n) is 4.12. The van der Waals surface area contributed by atoms with Crippen LogP contribution in [0.5, 0.6) is 5.75 Å². The molecule has 4 rings (SSSR count). The molecule has 2 amide bonds. The van der Waals surface area contributed by atoms with Crippen LogP contribution < -0.4 is 15.4 Å². The van der Waals surface area contributed by atoms with Crippen LogP contribution in [0.25, 0.3) is 0 Å². The van der Waals surface area contributed by atoms with E-state index < -0.39 is 101 Å². The van der Waals surface area contributed by atoms with Crippen molar-refractivity contribution < 1.29 is 77.3 Å². The number of benzene rings is 4. The number of hydrogen-bond acceptors (Lipinski definition) is 7. The fourth-order valence-corrected chi connectivity index (χ4v) is 4.12. The third-order valence-electron chi connectivity index (χ3n) is 7.72. The topological polar surface area (TPSA) is 120 Å². The number of rotatable bonds is 14. The highest BCUT2D eigenvalue weighted by atomic mass is 19.2. The van der Waals surface area contributed by atoms with Crippen molar-refractivity contribution in [2.75, 3.05) is 13.2 Å². The minimum atomic E-state index is -2.28. The normalized spacial score (nSPS) is 9.95. The molecular formula is C46H44F10N2O7. The summed E-state index contributed by atoms with van der Waals surface area (Å²) in [6, 6.07) is 17.9. The maximum Gasteiger partial charge on any atom is 0.333 e. The Hall–Kier alpha value is -7.18. The molecule has 2 N–H and O–H groups in total. The molecule has 350 valence electrons. The minimum Gasteiger partial charge on any atom is -0.484 e. The molecule has 0 spiro atoms. The van der Waals surface area contributed by atoms with Gasteiger partial charge in [0, 0.05) is 35.4 Å². The van der Waals surface area contributed by atoms with E-state index in [-0.39, 0.29) is 23.0 Å². The number of esters is 2. The van der Waals surface area contributed by atoms with Gasteiger partial charge in [0.15, 0.2) is 29.0 Å². The third kappa shape index (κ3) is 18.2. The van der Waals surface area contributed by atoms with E-state index in [1.54, 1.807) is 13.8 Å². The molecule has 0 bridgehead atoms. The summed E-state index contributed by atoms with van der Waals surface area (Å²) in [4.78, 5) is 44.2. The van der Waals surface area contributed by atoms with Crippen LogP contribution in [0.1, 0.15) is 49.9 Å². The first-order chi connectivity index (χ1) is 30.3. The van der Waals surface area contributed by atoms with Gasteiger partial charge in [-0.05, 0) is 45.7 Å². The summed E-state index contributed by atoms with van der Waals surface area (Å²) in [6.07, 6.45) is 0. The number of amides is 2. The number of nitrogens with one attached hydrogen (secondary N) is 2. The van der Waals surface area contributed by atoms with E-state index in [1.165, 1.54) is 19.4 Å². The maximum atomic E-state index is 13.1. The Balaban J connectivity index is 0.000000439. The van der Waals surface area contributed by atoms with Gasteiger partial charge in [-0.2, -0.15) is 8.78 Å². The molecule has 0 aliphatic heterocycles. The van der Waals surface area contributed by atoms with Gasteiger partial charge in [-0.25, -0.2) is 44.7 Å². The van der Waals surface area contributed by atoms with Crippen molar-refractivity contribution in [2.45, 2.75) is 54.3 Å². The van der Waals surface area contributed by atoms with E-state index in [0.29, 0.717) is 24.2 Å². The Morgan fingerprint density at radius 1 is 0.477 bits per heavy atom. The highest BCUT2D eigenvalue weighted by Crippen LogP contribution is 2.29. The predicted octanol–water partition coefficient (Wildman–Crippen LogP) is 9.95. The molecule has 0 radical (unpaired) electrons. The van der Waals surface area contributed by atoms with Crippen molar-refractivity contribution in [2.24, 2.45) is 0 Å². The lowest BCUT2D eigenvalue weighted by molar-refractivity contribution is -0.140. The monoisotopic (exact) mass is 926 g/mol. The van der Waals surface area contributed by atoms with Crippen molar-refractivity contribution in [1.29, 1.82) is 0 Å². The quantitative estimate of drug-likeness (QED) is 0.0323. The average Bonchev–Trinajstić information content (AvgIpc) is 3.28. The molecule has 0 fully saturated rings. The summed E-state index contributed by atoms with van der Waals surface area (Å²) < 4.78 is 142. The van der Waals surface area contributed by atoms with Gasteiger partial charge in [-0.1, -0.05) is 86.5 Å². The summed E-state index contributed by atoms with van der Waals surface area (Å²) in [7, 11) is 0. The van der Waals surface area contributed by atoms with Gasteiger partial charge >= 0.3 is 11.9 Å². The smallest absolute Gasteiger partial charge is 0.333 e. The third-order valence-corrected chi connectivity index (χ3v) is 7.72. The van der Waals surface area contributed by atoms with Crippen LogP contribution in [0.4, 0.5) is 43.9 Å². The lowest BCUT2D eigenvalue weighted by atomic mass is 10.1. The van der Waals surface area contributed by atoms with Gasteiger partial charge in [0.25, 0.3) is 0 Å². The van der Waals surface area contributed by atoms with Crippen LogP contribution in [0.2, 0.25) is 0 Å². The van der Waals surface area contributed by atoms with Crippen LogP contribution >= 0.6 is 0 Å². The van der Waals surface area contributed by atoms with Gasteiger partial charge < -0.3 is 24.8 Å². The van der Waals surface area contributed by atoms with Gasteiger partial charge in [0.05, 0.1) is 5.56 Å². The van der Waals surface area contributed by atoms with Gasteiger partial charge in [-0.15, -0.1) is 0 Å². The molecule has 0 aliphatic rings. The zero-order valence-corrected chi connectivity index (χ0v) is 35.7. The van der Waals surface area contributed by atoms with Crippen LogP contribution in [-0.2, 0) is 48.3 Å². The second-order valence-electron chi connectivity index (χ2n) is 13.5. The van der Waals surface area contributed by atoms with Gasteiger partial charge in [0.2, 0.25) is 46.7 Å². The van der Waals surface area contributed by atoms with E-state index in [9.17, 15) is 63.1 Å². The first-order valence-electron chi connectivity index (χ1n) is 18.6. The Labute approximate surface area is 368 Å². The molecule has 4 aromatic rings. The molecule has 0 aliphatic carbocycles. The minimum absolute atomic E-state index is 0.0705. The highest BCUT2D eigenvalue weighted by molar-refractivity contribution is 5.92. The van der Waals surface area contributed by atoms with Crippen molar-refractivity contribution in [1.82, 2.24) is 10.6 Å². The number of halogens is 10. The first-order valence-corrected chi connectivity index (χ1v) is 18.6. The Morgan fingerprint density at radius 2 is 0.846 bits per heavy atom. The fraction of sp³-hybridized carbons (Fsp3) is 0.217. The lowest BCUT2D eigenvalue weighted by Crippen LogP contribution is -2.22. The molecule has 9 nitrogen and oxygen atoms in total. The summed E-state index contributed by atoms with van der Waals surface area (Å²) in [6.45, 7) is 20.7. The highest BCUT2D eigenvalue weighted by Gasteiger charge is 2.28. The van der Waals surface area contributed by atoms with Crippen molar-refractivity contribution in [3.05, 3.63) is 184 Å². The van der Waals surface area contributed by atoms with Crippen molar-refractivity contribution in [3.63, 3.8) is 0 Å². The molecule has 0 heterocycles. The summed E-state index contributed by atoms with van der Waals surface area (Å²) >= 11 is 0. The standard InChI is InChI=1S/C12H9F5O3.C12H15NO.C11H7F5O2.C11H13NO/c1-5(2)12(18)20-4-3-19-11-9(16)7(14)6(13)8(15)10(11)17;1-9(2)12(14)13-8-11-6-4-10(3)5-7-11;1-4(2)11(17)18-3-5-6(12)8(14)10(16)9(15)7(5)13;1-9(2)11(13)12-8-10-6-4-3-5-7-10/h1,3-4H2,2H3;4-7H,1,8H2,2-3H3,(H,13,14);1,3H2,2H3;3-7H,1,8H2,2H3,(H,12,13). The summed E-state index contributed by atoms with van der Waals surface area (Å²) in [5.41, 5.74) is 3.30.